The highest BCUT2D eigenvalue weighted by molar-refractivity contribution is 6.82. The van der Waals surface area contributed by atoms with Crippen LogP contribution in [0.3, 0.4) is 0 Å². The Kier molecular flexibility index (Phi) is 4.46. The number of para-hydroxylation sites is 1. The minimum absolute atomic E-state index is 0.826. The minimum Gasteiger partial charge on any atom is -0.415 e. The van der Waals surface area contributed by atoms with Crippen molar-refractivity contribution in [2.75, 3.05) is 0 Å². The van der Waals surface area contributed by atoms with Crippen LogP contribution < -0.4 is 20.4 Å². The first-order valence-corrected chi connectivity index (χ1v) is 8.39. The third-order valence-electron chi connectivity index (χ3n) is 3.14. The van der Waals surface area contributed by atoms with Gasteiger partial charge in [0.15, 0.2) is 0 Å². The van der Waals surface area contributed by atoms with E-state index < -0.39 is 8.96 Å². The van der Waals surface area contributed by atoms with Crippen LogP contribution >= 0.6 is 0 Å². The number of benzene rings is 3. The van der Waals surface area contributed by atoms with Crippen LogP contribution in [0.4, 0.5) is 0 Å². The van der Waals surface area contributed by atoms with Crippen LogP contribution in [0.25, 0.3) is 0 Å². The molecule has 0 unspecified atom stereocenters. The van der Waals surface area contributed by atoms with Crippen LogP contribution in [0.1, 0.15) is 0 Å². The van der Waals surface area contributed by atoms with Gasteiger partial charge in [-0.15, -0.1) is 0 Å². The van der Waals surface area contributed by atoms with E-state index in [2.05, 4.69) is 53.7 Å². The van der Waals surface area contributed by atoms with Gasteiger partial charge >= 0.3 is 0 Å². The predicted octanol–water partition coefficient (Wildman–Crippen LogP) is 2.38. The van der Waals surface area contributed by atoms with E-state index >= 15 is 0 Å². The Morgan fingerprint density at radius 1 is 0.571 bits per heavy atom. The highest BCUT2D eigenvalue weighted by atomic mass is 28.3. The number of hydrogen-bond donors (Lipinski definition) is 1. The molecule has 0 atom stereocenters. The molecule has 0 spiro atoms. The summed E-state index contributed by atoms with van der Waals surface area (Å²) in [6, 6.07) is 30.7. The van der Waals surface area contributed by atoms with E-state index in [0.29, 0.717) is 0 Å². The summed E-state index contributed by atoms with van der Waals surface area (Å²) in [6.07, 6.45) is 0. The first kappa shape index (κ1) is 13.6. The van der Waals surface area contributed by atoms with Gasteiger partial charge in [-0.2, -0.15) is 5.15 Å². The van der Waals surface area contributed by atoms with E-state index in [1.165, 1.54) is 10.4 Å². The molecule has 0 heterocycles. The van der Waals surface area contributed by atoms with Crippen LogP contribution in [-0.4, -0.2) is 8.96 Å². The highest BCUT2D eigenvalue weighted by Crippen LogP contribution is 2.06. The number of rotatable bonds is 5. The fourth-order valence-corrected chi connectivity index (χ4v) is 3.93. The van der Waals surface area contributed by atoms with Crippen molar-refractivity contribution in [2.45, 2.75) is 0 Å². The Hall–Kier alpha value is -2.36. The molecular weight excluding hydrogens is 274 g/mol. The molecule has 3 rings (SSSR count). The summed E-state index contributed by atoms with van der Waals surface area (Å²) in [7, 11) is -1.17. The summed E-state index contributed by atoms with van der Waals surface area (Å²) in [5.74, 6) is 0.826. The van der Waals surface area contributed by atoms with Crippen LogP contribution in [0.15, 0.2) is 91.0 Å². The van der Waals surface area contributed by atoms with Crippen LogP contribution in [0.5, 0.6) is 5.75 Å². The van der Waals surface area contributed by atoms with Crippen LogP contribution in [-0.2, 0) is 0 Å². The Bertz CT molecular complexity index is 619. The fraction of sp³-hybridized carbons (Fsp3) is 0. The average Bonchev–Trinajstić information content (AvgIpc) is 2.58. The molecule has 103 valence electrons. The second-order valence-electron chi connectivity index (χ2n) is 4.62. The van der Waals surface area contributed by atoms with E-state index in [-0.39, 0.29) is 0 Å². The standard InChI is InChI=1S/C18H16NOSi/c1-4-10-16(11-5-1)20-19-21(17-12-6-2-7-13-17)18-14-8-3-9-15-18/h1-15,19H. The second-order valence-corrected chi connectivity index (χ2v) is 6.73. The molecule has 0 aliphatic heterocycles. The summed E-state index contributed by atoms with van der Waals surface area (Å²) in [5, 5.41) is 5.81. The maximum Gasteiger partial charge on any atom is 0.250 e. The zero-order valence-electron chi connectivity index (χ0n) is 11.6. The molecule has 0 aliphatic carbocycles. The molecule has 1 N–H and O–H groups in total. The Morgan fingerprint density at radius 2 is 1.00 bits per heavy atom. The molecule has 3 aromatic rings. The first-order chi connectivity index (χ1) is 10.4. The molecule has 3 heteroatoms. The minimum atomic E-state index is -1.17. The van der Waals surface area contributed by atoms with E-state index in [9.17, 15) is 0 Å². The van der Waals surface area contributed by atoms with Gasteiger partial charge < -0.3 is 4.84 Å². The van der Waals surface area contributed by atoms with E-state index in [1.54, 1.807) is 0 Å². The predicted molar refractivity (Wildman–Crippen MR) is 88.1 cm³/mol. The average molecular weight is 290 g/mol. The molecule has 0 aliphatic rings. The van der Waals surface area contributed by atoms with Gasteiger partial charge in [0.05, 0.1) is 0 Å². The zero-order chi connectivity index (χ0) is 14.3. The smallest absolute Gasteiger partial charge is 0.250 e. The zero-order valence-corrected chi connectivity index (χ0v) is 12.6. The van der Waals surface area contributed by atoms with Crippen LogP contribution in [0, 0.1) is 0 Å². The SMILES string of the molecule is c1ccc(ON[Si](c2ccccc2)c2ccccc2)cc1. The molecule has 0 aromatic heterocycles. The van der Waals surface area contributed by atoms with E-state index in [4.69, 9.17) is 4.84 Å². The van der Waals surface area contributed by atoms with Gasteiger partial charge in [0, 0.05) is 0 Å². The van der Waals surface area contributed by atoms with Crippen molar-refractivity contribution < 1.29 is 4.84 Å². The topological polar surface area (TPSA) is 21.3 Å². The van der Waals surface area contributed by atoms with E-state index in [1.807, 2.05) is 42.5 Å². The maximum atomic E-state index is 5.77. The Labute approximate surface area is 126 Å². The largest absolute Gasteiger partial charge is 0.415 e. The van der Waals surface area contributed by atoms with Crippen molar-refractivity contribution in [1.29, 1.82) is 0 Å². The molecule has 0 saturated carbocycles. The lowest BCUT2D eigenvalue weighted by Crippen LogP contribution is -2.55. The molecule has 2 nitrogen and oxygen atoms in total. The lowest BCUT2D eigenvalue weighted by Gasteiger charge is -2.17. The van der Waals surface area contributed by atoms with Crippen molar-refractivity contribution in [1.82, 2.24) is 5.15 Å². The summed E-state index contributed by atoms with van der Waals surface area (Å²) >= 11 is 0. The van der Waals surface area contributed by atoms with Crippen LogP contribution in [0.2, 0.25) is 0 Å². The van der Waals surface area contributed by atoms with Crippen molar-refractivity contribution >= 4 is 19.3 Å². The maximum absolute atomic E-state index is 5.77. The monoisotopic (exact) mass is 290 g/mol. The molecule has 0 saturated heterocycles. The molecule has 1 radical (unpaired) electrons. The lowest BCUT2D eigenvalue weighted by atomic mass is 10.3. The number of hydrogen-bond acceptors (Lipinski definition) is 2. The second kappa shape index (κ2) is 6.88. The molecular formula is C18H16NOSi. The number of nitrogens with one attached hydrogen (secondary N) is 1. The molecule has 21 heavy (non-hydrogen) atoms. The molecule has 0 amide bonds. The lowest BCUT2D eigenvalue weighted by molar-refractivity contribution is 0.272. The van der Waals surface area contributed by atoms with Gasteiger partial charge in [0.25, 0.3) is 8.96 Å². The van der Waals surface area contributed by atoms with Gasteiger partial charge in [-0.05, 0) is 22.5 Å². The summed E-state index contributed by atoms with van der Waals surface area (Å²) < 4.78 is 0. The van der Waals surface area contributed by atoms with E-state index in [0.717, 1.165) is 5.75 Å². The van der Waals surface area contributed by atoms with Gasteiger partial charge in [-0.25, -0.2) is 0 Å². The third-order valence-corrected chi connectivity index (χ3v) is 5.27. The van der Waals surface area contributed by atoms with Crippen molar-refractivity contribution in [3.05, 3.63) is 91.0 Å². The van der Waals surface area contributed by atoms with Gasteiger partial charge in [0.1, 0.15) is 5.75 Å². The quantitative estimate of drug-likeness (QED) is 0.575. The molecule has 0 fully saturated rings. The van der Waals surface area contributed by atoms with Crippen molar-refractivity contribution in [3.8, 4) is 5.75 Å². The first-order valence-electron chi connectivity index (χ1n) is 6.89. The third kappa shape index (κ3) is 3.59. The van der Waals surface area contributed by atoms with Gasteiger partial charge in [-0.1, -0.05) is 78.9 Å². The summed E-state index contributed by atoms with van der Waals surface area (Å²) in [6.45, 7) is 0. The Balaban J connectivity index is 1.83. The normalized spacial score (nSPS) is 10.5. The summed E-state index contributed by atoms with van der Waals surface area (Å²) in [5.41, 5.74) is 0. The Morgan fingerprint density at radius 3 is 1.48 bits per heavy atom. The fourth-order valence-electron chi connectivity index (χ4n) is 2.09. The molecule has 3 aromatic carbocycles. The highest BCUT2D eigenvalue weighted by Gasteiger charge is 2.18. The van der Waals surface area contributed by atoms with Crippen molar-refractivity contribution in [3.63, 3.8) is 0 Å². The molecule has 0 bridgehead atoms. The van der Waals surface area contributed by atoms with Gasteiger partial charge in [0.2, 0.25) is 0 Å². The van der Waals surface area contributed by atoms with Gasteiger partial charge in [-0.3, -0.25) is 0 Å². The van der Waals surface area contributed by atoms with Crippen molar-refractivity contribution in [2.24, 2.45) is 0 Å². The summed E-state index contributed by atoms with van der Waals surface area (Å²) in [4.78, 5) is 5.77.